The molecular weight excluding hydrogens is 96.1 g/mol. The number of fused-ring (bicyclic) bond motifs is 1. The quantitative estimate of drug-likeness (QED) is 0.418. The van der Waals surface area contributed by atoms with Crippen molar-refractivity contribution in [3.63, 3.8) is 0 Å². The van der Waals surface area contributed by atoms with Gasteiger partial charge in [-0.05, 0) is 38.0 Å². The molecule has 0 saturated heterocycles. The Balaban J connectivity index is 2.10. The molecule has 44 valence electrons. The highest BCUT2D eigenvalue weighted by Gasteiger charge is 2.37. The summed E-state index contributed by atoms with van der Waals surface area (Å²) >= 11 is 0. The minimum atomic E-state index is 1.11. The van der Waals surface area contributed by atoms with Crippen LogP contribution in [0.25, 0.3) is 0 Å². The van der Waals surface area contributed by atoms with Crippen LogP contribution in [-0.4, -0.2) is 0 Å². The lowest BCUT2D eigenvalue weighted by atomic mass is 10.0. The first kappa shape index (κ1) is 4.60. The van der Waals surface area contributed by atoms with Crippen molar-refractivity contribution < 1.29 is 0 Å². The molecule has 2 aliphatic carbocycles. The third-order valence-electron chi connectivity index (χ3n) is 2.42. The average molecular weight is 108 g/mol. The normalized spacial score (nSPS) is 42.9. The Kier molecular flexibility index (Phi) is 0.787. The van der Waals surface area contributed by atoms with E-state index in [4.69, 9.17) is 0 Å². The highest BCUT2D eigenvalue weighted by Crippen LogP contribution is 2.48. The van der Waals surface area contributed by atoms with Gasteiger partial charge in [0.05, 0.1) is 0 Å². The Bertz CT molecular complexity index is 133. The van der Waals surface area contributed by atoms with Crippen molar-refractivity contribution >= 4 is 0 Å². The predicted molar refractivity (Wildman–Crippen MR) is 34.6 cm³/mol. The molecule has 1 fully saturated rings. The fraction of sp³-hybridized carbons (Fsp3) is 0.750. The van der Waals surface area contributed by atoms with E-state index in [9.17, 15) is 0 Å². The van der Waals surface area contributed by atoms with Gasteiger partial charge in [-0.3, -0.25) is 0 Å². The Morgan fingerprint density at radius 1 is 1.50 bits per heavy atom. The van der Waals surface area contributed by atoms with E-state index in [0.29, 0.717) is 0 Å². The topological polar surface area (TPSA) is 0 Å². The van der Waals surface area contributed by atoms with Gasteiger partial charge in [0.1, 0.15) is 0 Å². The van der Waals surface area contributed by atoms with Crippen molar-refractivity contribution in [1.29, 1.82) is 0 Å². The number of rotatable bonds is 0. The molecule has 2 unspecified atom stereocenters. The SMILES string of the molecule is CC1=CCC2CC2C1. The summed E-state index contributed by atoms with van der Waals surface area (Å²) in [7, 11) is 0. The minimum absolute atomic E-state index is 1.11. The zero-order valence-electron chi connectivity index (χ0n) is 5.35. The van der Waals surface area contributed by atoms with Crippen LogP contribution in [0.4, 0.5) is 0 Å². The van der Waals surface area contributed by atoms with Crippen molar-refractivity contribution in [2.24, 2.45) is 11.8 Å². The second-order valence-electron chi connectivity index (χ2n) is 3.25. The van der Waals surface area contributed by atoms with Crippen LogP contribution in [0.2, 0.25) is 0 Å². The van der Waals surface area contributed by atoms with Crippen LogP contribution in [0.5, 0.6) is 0 Å². The van der Waals surface area contributed by atoms with Crippen LogP contribution in [-0.2, 0) is 0 Å². The van der Waals surface area contributed by atoms with Gasteiger partial charge in [-0.1, -0.05) is 11.6 Å². The molecule has 0 heteroatoms. The molecule has 0 bridgehead atoms. The van der Waals surface area contributed by atoms with Gasteiger partial charge in [-0.15, -0.1) is 0 Å². The maximum absolute atomic E-state index is 2.41. The summed E-state index contributed by atoms with van der Waals surface area (Å²) in [5, 5.41) is 0. The largest absolute Gasteiger partial charge is 0.0853 e. The highest BCUT2D eigenvalue weighted by atomic mass is 14.4. The van der Waals surface area contributed by atoms with Gasteiger partial charge >= 0.3 is 0 Å². The molecule has 0 nitrogen and oxygen atoms in total. The minimum Gasteiger partial charge on any atom is -0.0853 e. The van der Waals surface area contributed by atoms with Crippen molar-refractivity contribution in [2.75, 3.05) is 0 Å². The smallest absolute Gasteiger partial charge is 0.0292 e. The fourth-order valence-corrected chi connectivity index (χ4v) is 1.70. The lowest BCUT2D eigenvalue weighted by Gasteiger charge is -2.04. The van der Waals surface area contributed by atoms with E-state index in [-0.39, 0.29) is 0 Å². The van der Waals surface area contributed by atoms with Gasteiger partial charge in [-0.25, -0.2) is 0 Å². The summed E-state index contributed by atoms with van der Waals surface area (Å²) in [6.45, 7) is 2.26. The highest BCUT2D eigenvalue weighted by molar-refractivity contribution is 5.11. The van der Waals surface area contributed by atoms with E-state index >= 15 is 0 Å². The zero-order chi connectivity index (χ0) is 5.56. The van der Waals surface area contributed by atoms with E-state index in [0.717, 1.165) is 11.8 Å². The van der Waals surface area contributed by atoms with Crippen LogP contribution in [0.3, 0.4) is 0 Å². The molecule has 0 aromatic rings. The maximum atomic E-state index is 2.41. The summed E-state index contributed by atoms with van der Waals surface area (Å²) in [4.78, 5) is 0. The molecule has 8 heavy (non-hydrogen) atoms. The van der Waals surface area contributed by atoms with E-state index in [1.54, 1.807) is 5.57 Å². The van der Waals surface area contributed by atoms with E-state index in [1.807, 2.05) is 0 Å². The molecule has 0 radical (unpaired) electrons. The third-order valence-corrected chi connectivity index (χ3v) is 2.42. The first-order valence-corrected chi connectivity index (χ1v) is 3.52. The molecular formula is C8H12. The summed E-state index contributed by atoms with van der Waals surface area (Å²) in [5.74, 6) is 2.22. The lowest BCUT2D eigenvalue weighted by Crippen LogP contribution is -1.90. The van der Waals surface area contributed by atoms with Crippen LogP contribution < -0.4 is 0 Å². The monoisotopic (exact) mass is 108 g/mol. The molecule has 2 rings (SSSR count). The molecule has 0 amide bonds. The number of allylic oxidation sites excluding steroid dienone is 2. The van der Waals surface area contributed by atoms with Gasteiger partial charge in [0.15, 0.2) is 0 Å². The zero-order valence-corrected chi connectivity index (χ0v) is 5.35. The van der Waals surface area contributed by atoms with E-state index < -0.39 is 0 Å². The van der Waals surface area contributed by atoms with Gasteiger partial charge in [0, 0.05) is 0 Å². The second kappa shape index (κ2) is 1.37. The first-order valence-electron chi connectivity index (χ1n) is 3.52. The second-order valence-corrected chi connectivity index (χ2v) is 3.25. The summed E-state index contributed by atoms with van der Waals surface area (Å²) in [6, 6.07) is 0. The van der Waals surface area contributed by atoms with Crippen molar-refractivity contribution in [1.82, 2.24) is 0 Å². The standard InChI is InChI=1S/C8H12/c1-6-2-3-7-5-8(7)4-6/h2,7-8H,3-5H2,1H3. The van der Waals surface area contributed by atoms with E-state index in [2.05, 4.69) is 13.0 Å². The van der Waals surface area contributed by atoms with Crippen molar-refractivity contribution in [3.05, 3.63) is 11.6 Å². The van der Waals surface area contributed by atoms with Gasteiger partial charge in [-0.2, -0.15) is 0 Å². The van der Waals surface area contributed by atoms with Crippen LogP contribution in [0.15, 0.2) is 11.6 Å². The molecule has 1 saturated carbocycles. The molecule has 2 aliphatic rings. The number of hydrogen-bond donors (Lipinski definition) is 0. The Morgan fingerprint density at radius 2 is 2.38 bits per heavy atom. The van der Waals surface area contributed by atoms with Crippen molar-refractivity contribution in [2.45, 2.75) is 26.2 Å². The van der Waals surface area contributed by atoms with Gasteiger partial charge < -0.3 is 0 Å². The molecule has 0 aromatic heterocycles. The average Bonchev–Trinajstić information content (AvgIpc) is 2.43. The molecule has 2 atom stereocenters. The summed E-state index contributed by atoms with van der Waals surface area (Å²) in [5.41, 5.74) is 1.63. The van der Waals surface area contributed by atoms with Crippen LogP contribution in [0.1, 0.15) is 26.2 Å². The molecule has 0 aliphatic heterocycles. The third kappa shape index (κ3) is 0.594. The molecule has 0 spiro atoms. The molecule has 0 heterocycles. The summed E-state index contributed by atoms with van der Waals surface area (Å²) < 4.78 is 0. The molecule has 0 N–H and O–H groups in total. The predicted octanol–water partition coefficient (Wildman–Crippen LogP) is 2.36. The van der Waals surface area contributed by atoms with E-state index in [1.165, 1.54) is 19.3 Å². The Labute approximate surface area is 50.6 Å². The number of hydrogen-bond acceptors (Lipinski definition) is 0. The van der Waals surface area contributed by atoms with Gasteiger partial charge in [0.25, 0.3) is 0 Å². The van der Waals surface area contributed by atoms with Gasteiger partial charge in [0.2, 0.25) is 0 Å². The maximum Gasteiger partial charge on any atom is -0.0292 e. The first-order chi connectivity index (χ1) is 3.86. The fourth-order valence-electron chi connectivity index (χ4n) is 1.70. The lowest BCUT2D eigenvalue weighted by molar-refractivity contribution is 0.663. The molecule has 0 aromatic carbocycles. The van der Waals surface area contributed by atoms with Crippen LogP contribution in [0, 0.1) is 11.8 Å². The Hall–Kier alpha value is -0.260. The summed E-state index contributed by atoms with van der Waals surface area (Å²) in [6.07, 6.45) is 6.73. The Morgan fingerprint density at radius 3 is 3.00 bits per heavy atom. The van der Waals surface area contributed by atoms with Crippen LogP contribution >= 0.6 is 0 Å². The van der Waals surface area contributed by atoms with Crippen molar-refractivity contribution in [3.8, 4) is 0 Å².